The first-order valence-corrected chi connectivity index (χ1v) is 12.6. The Kier molecular flexibility index (Phi) is 7.14. The van der Waals surface area contributed by atoms with Gasteiger partial charge in [0.05, 0.1) is 11.3 Å². The fourth-order valence-electron chi connectivity index (χ4n) is 4.76. The summed E-state index contributed by atoms with van der Waals surface area (Å²) in [6.07, 6.45) is -11.0. The summed E-state index contributed by atoms with van der Waals surface area (Å²) >= 11 is 0. The molecule has 1 aliphatic rings. The van der Waals surface area contributed by atoms with E-state index in [-0.39, 0.29) is 32.4 Å². The zero-order valence-corrected chi connectivity index (χ0v) is 21.3. The summed E-state index contributed by atoms with van der Waals surface area (Å²) < 4.78 is 89.0. The van der Waals surface area contributed by atoms with Crippen LogP contribution >= 0.6 is 0 Å². The molecule has 0 saturated heterocycles. The Morgan fingerprint density at radius 3 is 2.39 bits per heavy atom. The van der Waals surface area contributed by atoms with E-state index in [1.165, 1.54) is 0 Å². The van der Waals surface area contributed by atoms with Crippen LogP contribution in [0.4, 0.5) is 32.0 Å². The Morgan fingerprint density at radius 1 is 0.951 bits per heavy atom. The van der Waals surface area contributed by atoms with Crippen molar-refractivity contribution in [2.45, 2.75) is 50.2 Å². The number of nitrogens with zero attached hydrogens (tertiary/aromatic N) is 4. The molecule has 0 saturated carbocycles. The topological polar surface area (TPSA) is 118 Å². The molecule has 3 heterocycles. The van der Waals surface area contributed by atoms with Gasteiger partial charge in [0.25, 0.3) is 17.7 Å². The molecule has 1 aliphatic heterocycles. The lowest BCUT2D eigenvalue weighted by atomic mass is 9.95. The van der Waals surface area contributed by atoms with Crippen LogP contribution in [-0.2, 0) is 18.3 Å². The number of halogens is 6. The molecule has 0 spiro atoms. The van der Waals surface area contributed by atoms with E-state index in [1.54, 1.807) is 12.1 Å². The van der Waals surface area contributed by atoms with Gasteiger partial charge in [-0.25, -0.2) is 4.98 Å². The number of aliphatic hydroxyl groups is 1. The van der Waals surface area contributed by atoms with Gasteiger partial charge in [-0.3, -0.25) is 4.79 Å². The quantitative estimate of drug-likeness (QED) is 0.286. The van der Waals surface area contributed by atoms with Crippen molar-refractivity contribution in [2.75, 3.05) is 12.3 Å². The predicted octanol–water partition coefficient (Wildman–Crippen LogP) is 5.85. The highest BCUT2D eigenvalue weighted by Crippen LogP contribution is 2.43. The van der Waals surface area contributed by atoms with E-state index in [0.717, 1.165) is 15.7 Å². The number of nitrogen functional groups attached to an aromatic ring is 1. The molecule has 1 atom stereocenters. The second kappa shape index (κ2) is 10.3. The Balaban J connectivity index is 1.63. The van der Waals surface area contributed by atoms with Crippen LogP contribution in [0.3, 0.4) is 0 Å². The van der Waals surface area contributed by atoms with Crippen LogP contribution in [-0.4, -0.2) is 43.8 Å². The standard InChI is InChI=1S/C27H23F6N5O3/c28-26(29,30)18-13-19(34)21-22-36-37-24(41-22)25(40,27(31,32)33)10-4-1-5-11-38(23(39)20(18)35-21)14-15-8-9-16-6-2-3-7-17(16)12-15/h2-3,6-9,12-13,40H,1,4-5,10-11,14,34H2/t25-/m1/s1. The normalized spacial score (nSPS) is 18.9. The Hall–Kier alpha value is -4.20. The molecule has 1 amide bonds. The average Bonchev–Trinajstić information content (AvgIpc) is 3.40. The van der Waals surface area contributed by atoms with Gasteiger partial charge in [-0.2, -0.15) is 26.3 Å². The number of fused-ring (bicyclic) bond motifs is 6. The molecule has 0 radical (unpaired) electrons. The van der Waals surface area contributed by atoms with Gasteiger partial charge in [0.1, 0.15) is 5.69 Å². The van der Waals surface area contributed by atoms with Gasteiger partial charge < -0.3 is 20.2 Å². The molecule has 4 bridgehead atoms. The van der Waals surface area contributed by atoms with E-state index in [2.05, 4.69) is 15.2 Å². The second-order valence-electron chi connectivity index (χ2n) is 9.81. The molecule has 2 aromatic carbocycles. The monoisotopic (exact) mass is 579 g/mol. The maximum atomic E-state index is 14.1. The Labute approximate surface area is 228 Å². The third-order valence-corrected chi connectivity index (χ3v) is 6.95. The van der Waals surface area contributed by atoms with Crippen molar-refractivity contribution in [1.82, 2.24) is 20.1 Å². The molecule has 8 nitrogen and oxygen atoms in total. The van der Waals surface area contributed by atoms with E-state index >= 15 is 0 Å². The first-order valence-electron chi connectivity index (χ1n) is 12.6. The minimum Gasteiger partial charge on any atom is -0.416 e. The zero-order valence-electron chi connectivity index (χ0n) is 21.3. The molecular formula is C27H23F6N5O3. The van der Waals surface area contributed by atoms with Crippen molar-refractivity contribution in [3.8, 4) is 11.6 Å². The first kappa shape index (κ1) is 28.3. The van der Waals surface area contributed by atoms with E-state index in [4.69, 9.17) is 10.2 Å². The highest BCUT2D eigenvalue weighted by molar-refractivity contribution is 5.95. The van der Waals surface area contributed by atoms with Crippen LogP contribution < -0.4 is 5.73 Å². The summed E-state index contributed by atoms with van der Waals surface area (Å²) in [6, 6.07) is 13.2. The number of rotatable bonds is 2. The van der Waals surface area contributed by atoms with Crippen LogP contribution in [0.1, 0.15) is 53.2 Å². The van der Waals surface area contributed by atoms with Gasteiger partial charge in [-0.05, 0) is 47.7 Å². The van der Waals surface area contributed by atoms with Gasteiger partial charge in [-0.15, -0.1) is 10.2 Å². The van der Waals surface area contributed by atoms with E-state index in [1.807, 2.05) is 30.3 Å². The Morgan fingerprint density at radius 2 is 1.68 bits per heavy atom. The smallest absolute Gasteiger partial charge is 0.416 e. The molecule has 0 fully saturated rings. The van der Waals surface area contributed by atoms with Crippen LogP contribution in [0.25, 0.3) is 22.4 Å². The lowest BCUT2D eigenvalue weighted by Gasteiger charge is -2.28. The lowest BCUT2D eigenvalue weighted by molar-refractivity contribution is -0.277. The van der Waals surface area contributed by atoms with Crippen molar-refractivity contribution < 1.29 is 40.7 Å². The number of aromatic nitrogens is 3. The molecular weight excluding hydrogens is 556 g/mol. The fraction of sp³-hybridized carbons (Fsp3) is 0.333. The SMILES string of the molecule is Nc1cc(C(F)(F)F)c2nc1-c1nnc(o1)[C@@](O)(C(F)(F)F)CCCCCN(Cc1ccc3ccccc3c1)C2=O. The predicted molar refractivity (Wildman–Crippen MR) is 134 cm³/mol. The van der Waals surface area contributed by atoms with Crippen LogP contribution in [0, 0.1) is 0 Å². The maximum Gasteiger partial charge on any atom is 0.426 e. The van der Waals surface area contributed by atoms with E-state index in [9.17, 15) is 36.2 Å². The number of hydrogen-bond acceptors (Lipinski definition) is 7. The summed E-state index contributed by atoms with van der Waals surface area (Å²) in [5.41, 5.74) is -0.834. The van der Waals surface area contributed by atoms with Crippen molar-refractivity contribution in [1.29, 1.82) is 0 Å². The maximum absolute atomic E-state index is 14.1. The third-order valence-electron chi connectivity index (χ3n) is 6.95. The number of carbonyl (C=O) groups is 1. The van der Waals surface area contributed by atoms with Crippen LogP contribution in [0.2, 0.25) is 0 Å². The minimum atomic E-state index is -5.20. The average molecular weight is 580 g/mol. The molecule has 41 heavy (non-hydrogen) atoms. The van der Waals surface area contributed by atoms with Crippen molar-refractivity contribution in [3.05, 3.63) is 71.2 Å². The summed E-state index contributed by atoms with van der Waals surface area (Å²) in [4.78, 5) is 18.7. The van der Waals surface area contributed by atoms with Crippen molar-refractivity contribution >= 4 is 22.4 Å². The number of nitrogens with two attached hydrogens (primary N) is 1. The third kappa shape index (κ3) is 5.43. The highest BCUT2D eigenvalue weighted by atomic mass is 19.4. The molecule has 5 rings (SSSR count). The number of pyridine rings is 1. The second-order valence-corrected chi connectivity index (χ2v) is 9.81. The number of amides is 1. The molecule has 3 N–H and O–H groups in total. The minimum absolute atomic E-state index is 0.0901. The van der Waals surface area contributed by atoms with Gasteiger partial charge in [0.15, 0.2) is 5.69 Å². The summed E-state index contributed by atoms with van der Waals surface area (Å²) in [5, 5.41) is 19.1. The molecule has 0 unspecified atom stereocenters. The number of benzene rings is 2. The van der Waals surface area contributed by atoms with Gasteiger partial charge >= 0.3 is 12.4 Å². The van der Waals surface area contributed by atoms with E-state index in [0.29, 0.717) is 11.6 Å². The molecule has 14 heteroatoms. The highest BCUT2D eigenvalue weighted by Gasteiger charge is 2.58. The summed E-state index contributed by atoms with van der Waals surface area (Å²) in [6.45, 7) is -0.188. The zero-order chi connectivity index (χ0) is 29.6. The number of anilines is 1. The largest absolute Gasteiger partial charge is 0.426 e. The number of carbonyl (C=O) groups excluding carboxylic acids is 1. The summed E-state index contributed by atoms with van der Waals surface area (Å²) in [7, 11) is 0. The number of alkyl halides is 6. The fourth-order valence-corrected chi connectivity index (χ4v) is 4.76. The Bertz CT molecular complexity index is 1600. The lowest BCUT2D eigenvalue weighted by Crippen LogP contribution is -2.42. The van der Waals surface area contributed by atoms with Gasteiger partial charge in [-0.1, -0.05) is 42.8 Å². The van der Waals surface area contributed by atoms with Gasteiger partial charge in [0, 0.05) is 13.1 Å². The molecule has 2 aromatic heterocycles. The summed E-state index contributed by atoms with van der Waals surface area (Å²) in [5.74, 6) is -3.04. The van der Waals surface area contributed by atoms with Crippen molar-refractivity contribution in [3.63, 3.8) is 0 Å². The molecule has 216 valence electrons. The van der Waals surface area contributed by atoms with E-state index < -0.39 is 64.7 Å². The number of hydrogen-bond donors (Lipinski definition) is 2. The molecule has 4 aromatic rings. The molecule has 0 aliphatic carbocycles. The van der Waals surface area contributed by atoms with Crippen LogP contribution in [0.15, 0.2) is 52.9 Å². The first-order chi connectivity index (χ1) is 19.3. The van der Waals surface area contributed by atoms with Crippen LogP contribution in [0.5, 0.6) is 0 Å². The van der Waals surface area contributed by atoms with Gasteiger partial charge in [0.2, 0.25) is 5.60 Å². The van der Waals surface area contributed by atoms with Crippen molar-refractivity contribution in [2.24, 2.45) is 0 Å².